The van der Waals surface area contributed by atoms with E-state index in [0.29, 0.717) is 5.56 Å². The van der Waals surface area contributed by atoms with E-state index in [9.17, 15) is 18.0 Å². The number of carbonyl (C=O) groups excluding carboxylic acids is 1. The molecule has 1 unspecified atom stereocenters. The third-order valence-corrected chi connectivity index (χ3v) is 3.39. The zero-order chi connectivity index (χ0) is 12.1. The van der Waals surface area contributed by atoms with E-state index in [-0.39, 0.29) is 18.1 Å². The summed E-state index contributed by atoms with van der Waals surface area (Å²) in [6.45, 7) is 3.45. The van der Waals surface area contributed by atoms with Crippen molar-refractivity contribution >= 4 is 5.78 Å². The summed E-state index contributed by atoms with van der Waals surface area (Å²) in [5.41, 5.74) is -0.266. The van der Waals surface area contributed by atoms with Crippen LogP contribution in [0.15, 0.2) is 12.1 Å². The lowest BCUT2D eigenvalue weighted by Crippen LogP contribution is -2.43. The van der Waals surface area contributed by atoms with E-state index < -0.39 is 22.9 Å². The van der Waals surface area contributed by atoms with E-state index in [1.54, 1.807) is 13.8 Å². The van der Waals surface area contributed by atoms with Gasteiger partial charge < -0.3 is 0 Å². The molecule has 1 fully saturated rings. The predicted octanol–water partition coefficient (Wildman–Crippen LogP) is 3.19. The van der Waals surface area contributed by atoms with E-state index in [0.717, 1.165) is 12.1 Å². The Hall–Kier alpha value is -1.32. The van der Waals surface area contributed by atoms with E-state index in [4.69, 9.17) is 0 Å². The summed E-state index contributed by atoms with van der Waals surface area (Å²) < 4.78 is 38.8. The van der Waals surface area contributed by atoms with Crippen LogP contribution in [0.1, 0.15) is 31.7 Å². The van der Waals surface area contributed by atoms with Gasteiger partial charge in [0, 0.05) is 17.8 Å². The fourth-order valence-corrected chi connectivity index (χ4v) is 2.08. The van der Waals surface area contributed by atoms with Gasteiger partial charge in [0.2, 0.25) is 0 Å². The molecule has 0 amide bonds. The average Bonchev–Trinajstić information content (AvgIpc) is 2.21. The molecule has 0 aromatic heterocycles. The first kappa shape index (κ1) is 11.2. The molecule has 1 aliphatic rings. The highest BCUT2D eigenvalue weighted by Gasteiger charge is 2.48. The van der Waals surface area contributed by atoms with Crippen molar-refractivity contribution in [3.05, 3.63) is 35.1 Å². The molecule has 0 heterocycles. The molecule has 1 saturated carbocycles. The summed E-state index contributed by atoms with van der Waals surface area (Å²) in [6, 6.07) is 1.94. The number of halogens is 3. The first-order chi connectivity index (χ1) is 7.34. The molecule has 0 bridgehead atoms. The number of hydrogen-bond acceptors (Lipinski definition) is 1. The molecule has 1 nitrogen and oxygen atoms in total. The lowest BCUT2D eigenvalue weighted by atomic mass is 9.59. The van der Waals surface area contributed by atoms with Crippen molar-refractivity contribution < 1.29 is 18.0 Å². The number of rotatable bonds is 1. The quantitative estimate of drug-likeness (QED) is 0.674. The summed E-state index contributed by atoms with van der Waals surface area (Å²) in [5.74, 6) is -4.05. The van der Waals surface area contributed by atoms with E-state index >= 15 is 0 Å². The Morgan fingerprint density at radius 3 is 2.06 bits per heavy atom. The molecule has 0 spiro atoms. The van der Waals surface area contributed by atoms with E-state index in [1.807, 2.05) is 0 Å². The van der Waals surface area contributed by atoms with Crippen LogP contribution < -0.4 is 0 Å². The molecule has 0 radical (unpaired) electrons. The Morgan fingerprint density at radius 1 is 1.19 bits per heavy atom. The molecule has 0 aliphatic heterocycles. The van der Waals surface area contributed by atoms with Crippen molar-refractivity contribution in [3.63, 3.8) is 0 Å². The number of carbonyl (C=O) groups is 1. The Labute approximate surface area is 91.3 Å². The van der Waals surface area contributed by atoms with Gasteiger partial charge in [-0.2, -0.15) is 0 Å². The Kier molecular flexibility index (Phi) is 2.33. The second-order valence-electron chi connectivity index (χ2n) is 4.70. The molecule has 4 heteroatoms. The van der Waals surface area contributed by atoms with Crippen LogP contribution in [0.2, 0.25) is 0 Å². The second kappa shape index (κ2) is 3.34. The Balaban J connectivity index is 2.40. The molecular formula is C12H11F3O. The molecule has 1 aromatic carbocycles. The smallest absolute Gasteiger partial charge is 0.194 e. The highest BCUT2D eigenvalue weighted by atomic mass is 19.2. The van der Waals surface area contributed by atoms with Crippen LogP contribution in [0.3, 0.4) is 0 Å². The molecule has 1 aliphatic carbocycles. The number of benzene rings is 1. The highest BCUT2D eigenvalue weighted by molar-refractivity contribution is 5.92. The summed E-state index contributed by atoms with van der Waals surface area (Å²) in [6.07, 6.45) is 0.261. The maximum atomic E-state index is 13.0. The zero-order valence-electron chi connectivity index (χ0n) is 8.98. The largest absolute Gasteiger partial charge is 0.299 e. The Morgan fingerprint density at radius 2 is 1.69 bits per heavy atom. The standard InChI is InChI=1S/C12H11F3O/c1-12(2)7(5-10(12)16)6-3-8(13)11(15)9(14)4-6/h3-4,7H,5H2,1-2H3. The molecule has 1 aromatic rings. The predicted molar refractivity (Wildman–Crippen MR) is 52.5 cm³/mol. The van der Waals surface area contributed by atoms with Crippen molar-refractivity contribution in [1.29, 1.82) is 0 Å². The fraction of sp³-hybridized carbons (Fsp3) is 0.417. The minimum atomic E-state index is -1.47. The summed E-state index contributed by atoms with van der Waals surface area (Å²) in [7, 11) is 0. The molecule has 86 valence electrons. The van der Waals surface area contributed by atoms with Gasteiger partial charge in [-0.05, 0) is 17.7 Å². The summed E-state index contributed by atoms with van der Waals surface area (Å²) >= 11 is 0. The highest BCUT2D eigenvalue weighted by Crippen LogP contribution is 2.49. The lowest BCUT2D eigenvalue weighted by molar-refractivity contribution is -0.138. The van der Waals surface area contributed by atoms with Gasteiger partial charge in [0.15, 0.2) is 17.5 Å². The SMILES string of the molecule is CC1(C)C(=O)CC1c1cc(F)c(F)c(F)c1. The van der Waals surface area contributed by atoms with Gasteiger partial charge >= 0.3 is 0 Å². The lowest BCUT2D eigenvalue weighted by Gasteiger charge is -2.42. The summed E-state index contributed by atoms with van der Waals surface area (Å²) in [5, 5.41) is 0. The van der Waals surface area contributed by atoms with E-state index in [2.05, 4.69) is 0 Å². The van der Waals surface area contributed by atoms with Crippen molar-refractivity contribution in [2.24, 2.45) is 5.41 Å². The van der Waals surface area contributed by atoms with Crippen LogP contribution in [-0.4, -0.2) is 5.78 Å². The number of hydrogen-bond donors (Lipinski definition) is 0. The summed E-state index contributed by atoms with van der Waals surface area (Å²) in [4.78, 5) is 11.3. The minimum Gasteiger partial charge on any atom is -0.299 e. The maximum Gasteiger partial charge on any atom is 0.194 e. The third kappa shape index (κ3) is 1.44. The fourth-order valence-electron chi connectivity index (χ4n) is 2.08. The zero-order valence-corrected chi connectivity index (χ0v) is 8.98. The van der Waals surface area contributed by atoms with Crippen LogP contribution in [0.4, 0.5) is 13.2 Å². The molecule has 2 rings (SSSR count). The van der Waals surface area contributed by atoms with Crippen molar-refractivity contribution in [2.45, 2.75) is 26.2 Å². The molecule has 16 heavy (non-hydrogen) atoms. The first-order valence-corrected chi connectivity index (χ1v) is 5.01. The van der Waals surface area contributed by atoms with Crippen molar-refractivity contribution in [3.8, 4) is 0 Å². The molecule has 1 atom stereocenters. The van der Waals surface area contributed by atoms with Crippen LogP contribution in [-0.2, 0) is 4.79 Å². The number of ketones is 1. The van der Waals surface area contributed by atoms with Crippen LogP contribution >= 0.6 is 0 Å². The number of Topliss-reactive ketones (excluding diaryl/α,β-unsaturated/α-hetero) is 1. The van der Waals surface area contributed by atoms with Gasteiger partial charge in [-0.15, -0.1) is 0 Å². The normalized spacial score (nSPS) is 23.1. The maximum absolute atomic E-state index is 13.0. The van der Waals surface area contributed by atoms with Gasteiger partial charge in [-0.1, -0.05) is 13.8 Å². The van der Waals surface area contributed by atoms with E-state index in [1.165, 1.54) is 0 Å². The van der Waals surface area contributed by atoms with Crippen molar-refractivity contribution in [2.75, 3.05) is 0 Å². The molecule has 0 saturated heterocycles. The van der Waals surface area contributed by atoms with Gasteiger partial charge in [0.25, 0.3) is 0 Å². The third-order valence-electron chi connectivity index (χ3n) is 3.39. The first-order valence-electron chi connectivity index (χ1n) is 5.01. The van der Waals surface area contributed by atoms with Crippen LogP contribution in [0.5, 0.6) is 0 Å². The van der Waals surface area contributed by atoms with Crippen LogP contribution in [0.25, 0.3) is 0 Å². The van der Waals surface area contributed by atoms with Crippen LogP contribution in [0, 0.1) is 22.9 Å². The van der Waals surface area contributed by atoms with Gasteiger partial charge in [0.1, 0.15) is 5.78 Å². The van der Waals surface area contributed by atoms with Gasteiger partial charge in [-0.25, -0.2) is 13.2 Å². The average molecular weight is 228 g/mol. The monoisotopic (exact) mass is 228 g/mol. The second-order valence-corrected chi connectivity index (χ2v) is 4.70. The minimum absolute atomic E-state index is 0.0580. The molecule has 0 N–H and O–H groups in total. The van der Waals surface area contributed by atoms with Crippen molar-refractivity contribution in [1.82, 2.24) is 0 Å². The topological polar surface area (TPSA) is 17.1 Å². The molecular weight excluding hydrogens is 217 g/mol. The Bertz CT molecular complexity index is 442. The van der Waals surface area contributed by atoms with Gasteiger partial charge in [-0.3, -0.25) is 4.79 Å². The van der Waals surface area contributed by atoms with Gasteiger partial charge in [0.05, 0.1) is 0 Å².